The Hall–Kier alpha value is -3.12. The number of carbonyl (C=O) groups is 1. The standard InChI is InChI=1S/C25H30N4O2/c1-19-23(25(31)29(27(19)2)22-10-6-5-7-11-22)26-24(30)21-14-12-20(13-15-21)18-28-16-8-3-4-9-17-28/h5-7,10-15H,3-4,8-9,16-18H2,1-2H3,(H,26,30). The van der Waals surface area contributed by atoms with Crippen molar-refractivity contribution in [3.63, 3.8) is 0 Å². The van der Waals surface area contributed by atoms with E-state index in [1.807, 2.05) is 68.6 Å². The van der Waals surface area contributed by atoms with Gasteiger partial charge >= 0.3 is 0 Å². The molecule has 1 amide bonds. The first-order chi connectivity index (χ1) is 15.0. The van der Waals surface area contributed by atoms with Gasteiger partial charge in [0.1, 0.15) is 5.69 Å². The molecule has 6 heteroatoms. The molecule has 0 atom stereocenters. The van der Waals surface area contributed by atoms with Crippen LogP contribution in [-0.2, 0) is 13.6 Å². The number of rotatable bonds is 5. The highest BCUT2D eigenvalue weighted by molar-refractivity contribution is 6.04. The second-order valence-electron chi connectivity index (χ2n) is 8.28. The lowest BCUT2D eigenvalue weighted by Gasteiger charge is -2.19. The predicted octanol–water partition coefficient (Wildman–Crippen LogP) is 4.11. The van der Waals surface area contributed by atoms with Gasteiger partial charge in [0.05, 0.1) is 11.4 Å². The monoisotopic (exact) mass is 418 g/mol. The van der Waals surface area contributed by atoms with Gasteiger partial charge < -0.3 is 5.32 Å². The average molecular weight is 419 g/mol. The molecule has 1 aromatic heterocycles. The summed E-state index contributed by atoms with van der Waals surface area (Å²) in [6, 6.07) is 17.1. The van der Waals surface area contributed by atoms with E-state index in [9.17, 15) is 9.59 Å². The Kier molecular flexibility index (Phi) is 6.37. The fourth-order valence-electron chi connectivity index (χ4n) is 4.21. The number of aromatic nitrogens is 2. The van der Waals surface area contributed by atoms with Crippen molar-refractivity contribution in [1.82, 2.24) is 14.3 Å². The van der Waals surface area contributed by atoms with Gasteiger partial charge in [0.15, 0.2) is 0 Å². The van der Waals surface area contributed by atoms with Crippen molar-refractivity contribution in [1.29, 1.82) is 0 Å². The minimum atomic E-state index is -0.271. The molecule has 1 N–H and O–H groups in total. The summed E-state index contributed by atoms with van der Waals surface area (Å²) in [5.74, 6) is -0.271. The number of hydrogen-bond acceptors (Lipinski definition) is 3. The number of nitrogens with zero attached hydrogens (tertiary/aromatic N) is 3. The molecule has 6 nitrogen and oxygen atoms in total. The van der Waals surface area contributed by atoms with Crippen molar-refractivity contribution >= 4 is 11.6 Å². The molecule has 2 heterocycles. The summed E-state index contributed by atoms with van der Waals surface area (Å²) < 4.78 is 3.33. The molecular weight excluding hydrogens is 388 g/mol. The van der Waals surface area contributed by atoms with Crippen LogP contribution in [0.25, 0.3) is 5.69 Å². The number of amides is 1. The van der Waals surface area contributed by atoms with Crippen LogP contribution in [-0.4, -0.2) is 33.3 Å². The van der Waals surface area contributed by atoms with E-state index in [0.29, 0.717) is 16.9 Å². The molecule has 1 saturated heterocycles. The summed E-state index contributed by atoms with van der Waals surface area (Å²) in [7, 11) is 1.82. The van der Waals surface area contributed by atoms with Crippen LogP contribution >= 0.6 is 0 Å². The van der Waals surface area contributed by atoms with E-state index < -0.39 is 0 Å². The summed E-state index contributed by atoms with van der Waals surface area (Å²) >= 11 is 0. The van der Waals surface area contributed by atoms with Gasteiger partial charge in [-0.1, -0.05) is 43.2 Å². The van der Waals surface area contributed by atoms with Crippen LogP contribution in [0.3, 0.4) is 0 Å². The summed E-state index contributed by atoms with van der Waals surface area (Å²) in [6.07, 6.45) is 5.16. The fourth-order valence-corrected chi connectivity index (χ4v) is 4.21. The minimum absolute atomic E-state index is 0.239. The second kappa shape index (κ2) is 9.35. The molecule has 31 heavy (non-hydrogen) atoms. The summed E-state index contributed by atoms with van der Waals surface area (Å²) in [5.41, 5.74) is 3.30. The molecule has 162 valence electrons. The lowest BCUT2D eigenvalue weighted by Crippen LogP contribution is -2.24. The van der Waals surface area contributed by atoms with Gasteiger partial charge in [-0.05, 0) is 62.7 Å². The number of carbonyl (C=O) groups excluding carboxylic acids is 1. The Labute approximate surface area is 183 Å². The highest BCUT2D eigenvalue weighted by Gasteiger charge is 2.19. The third-order valence-corrected chi connectivity index (χ3v) is 6.11. The van der Waals surface area contributed by atoms with Crippen molar-refractivity contribution in [2.75, 3.05) is 18.4 Å². The van der Waals surface area contributed by atoms with Crippen LogP contribution in [0.2, 0.25) is 0 Å². The fraction of sp³-hybridized carbons (Fsp3) is 0.360. The molecule has 0 radical (unpaired) electrons. The first-order valence-electron chi connectivity index (χ1n) is 11.0. The zero-order valence-corrected chi connectivity index (χ0v) is 18.3. The van der Waals surface area contributed by atoms with Crippen LogP contribution in [0.15, 0.2) is 59.4 Å². The topological polar surface area (TPSA) is 59.3 Å². The summed E-state index contributed by atoms with van der Waals surface area (Å²) in [4.78, 5) is 28.3. The Bertz CT molecular complexity index is 1090. The molecule has 0 spiro atoms. The van der Waals surface area contributed by atoms with E-state index in [1.54, 1.807) is 9.36 Å². The molecule has 2 aromatic carbocycles. The third-order valence-electron chi connectivity index (χ3n) is 6.11. The Balaban J connectivity index is 1.49. The van der Waals surface area contributed by atoms with Crippen molar-refractivity contribution in [2.24, 2.45) is 7.05 Å². The zero-order chi connectivity index (χ0) is 21.8. The van der Waals surface area contributed by atoms with Crippen LogP contribution in [0.1, 0.15) is 47.3 Å². The number of nitrogens with one attached hydrogen (secondary N) is 1. The Morgan fingerprint density at radius 3 is 2.23 bits per heavy atom. The van der Waals surface area contributed by atoms with Gasteiger partial charge in [-0.3, -0.25) is 19.2 Å². The van der Waals surface area contributed by atoms with Crippen molar-refractivity contribution < 1.29 is 4.79 Å². The van der Waals surface area contributed by atoms with Crippen LogP contribution in [0, 0.1) is 6.92 Å². The smallest absolute Gasteiger partial charge is 0.295 e. The van der Waals surface area contributed by atoms with Gasteiger partial charge in [-0.15, -0.1) is 0 Å². The van der Waals surface area contributed by atoms with E-state index in [2.05, 4.69) is 10.2 Å². The SMILES string of the molecule is Cc1c(NC(=O)c2ccc(CN3CCCCCC3)cc2)c(=O)n(-c2ccccc2)n1C. The molecule has 1 fully saturated rings. The number of benzene rings is 2. The maximum Gasteiger partial charge on any atom is 0.295 e. The van der Waals surface area contributed by atoms with Crippen LogP contribution in [0.4, 0.5) is 5.69 Å². The minimum Gasteiger partial charge on any atom is -0.316 e. The summed E-state index contributed by atoms with van der Waals surface area (Å²) in [6.45, 7) is 5.04. The van der Waals surface area contributed by atoms with E-state index in [-0.39, 0.29) is 11.5 Å². The maximum atomic E-state index is 13.0. The number of hydrogen-bond donors (Lipinski definition) is 1. The van der Waals surface area contributed by atoms with Crippen LogP contribution in [0.5, 0.6) is 0 Å². The molecule has 0 bridgehead atoms. The van der Waals surface area contributed by atoms with Crippen molar-refractivity contribution in [2.45, 2.75) is 39.2 Å². The lowest BCUT2D eigenvalue weighted by molar-refractivity contribution is 0.102. The molecule has 1 aliphatic heterocycles. The molecule has 0 saturated carbocycles. The van der Waals surface area contributed by atoms with Gasteiger partial charge in [0.2, 0.25) is 0 Å². The third kappa shape index (κ3) is 4.64. The van der Waals surface area contributed by atoms with E-state index in [4.69, 9.17) is 0 Å². The van der Waals surface area contributed by atoms with Gasteiger partial charge in [-0.25, -0.2) is 4.68 Å². The molecule has 0 aliphatic carbocycles. The first-order valence-corrected chi connectivity index (χ1v) is 11.0. The molecule has 4 rings (SSSR count). The molecule has 0 unspecified atom stereocenters. The number of likely N-dealkylation sites (tertiary alicyclic amines) is 1. The van der Waals surface area contributed by atoms with Gasteiger partial charge in [-0.2, -0.15) is 0 Å². The molecule has 3 aromatic rings. The number of para-hydroxylation sites is 1. The van der Waals surface area contributed by atoms with E-state index >= 15 is 0 Å². The van der Waals surface area contributed by atoms with Gasteiger partial charge in [0.25, 0.3) is 11.5 Å². The number of anilines is 1. The van der Waals surface area contributed by atoms with Crippen molar-refractivity contribution in [3.05, 3.63) is 81.8 Å². The average Bonchev–Trinajstić information content (AvgIpc) is 2.97. The quantitative estimate of drug-likeness (QED) is 0.678. The highest BCUT2D eigenvalue weighted by atomic mass is 16.2. The highest BCUT2D eigenvalue weighted by Crippen LogP contribution is 2.17. The Morgan fingerprint density at radius 2 is 1.58 bits per heavy atom. The maximum absolute atomic E-state index is 13.0. The first kappa shape index (κ1) is 21.1. The van der Waals surface area contributed by atoms with E-state index in [0.717, 1.165) is 25.3 Å². The lowest BCUT2D eigenvalue weighted by atomic mass is 10.1. The van der Waals surface area contributed by atoms with Gasteiger partial charge in [0, 0.05) is 19.2 Å². The second-order valence-corrected chi connectivity index (χ2v) is 8.28. The Morgan fingerprint density at radius 1 is 0.935 bits per heavy atom. The van der Waals surface area contributed by atoms with Crippen LogP contribution < -0.4 is 10.9 Å². The normalized spacial score (nSPS) is 14.9. The summed E-state index contributed by atoms with van der Waals surface area (Å²) in [5, 5.41) is 2.83. The van der Waals surface area contributed by atoms with E-state index in [1.165, 1.54) is 31.2 Å². The predicted molar refractivity (Wildman–Crippen MR) is 124 cm³/mol. The van der Waals surface area contributed by atoms with Crippen molar-refractivity contribution in [3.8, 4) is 5.69 Å². The zero-order valence-electron chi connectivity index (χ0n) is 18.3. The molecule has 1 aliphatic rings. The molecular formula is C25H30N4O2. The largest absolute Gasteiger partial charge is 0.316 e.